The fourth-order valence-electron chi connectivity index (χ4n) is 2.01. The Balaban J connectivity index is 2.68. The maximum Gasteiger partial charge on any atom is 0.348 e. The molecular weight excluding hydrogens is 326 g/mol. The van der Waals surface area contributed by atoms with E-state index >= 15 is 0 Å². The maximum atomic E-state index is 11.2. The molecule has 0 aliphatic rings. The topological polar surface area (TPSA) is 63.3 Å². The number of rotatable bonds is 3. The molecule has 0 aliphatic carbocycles. The van der Waals surface area contributed by atoms with E-state index in [0.29, 0.717) is 12.1 Å². The Morgan fingerprint density at radius 3 is 2.68 bits per heavy atom. The van der Waals surface area contributed by atoms with Crippen LogP contribution < -0.4 is 5.73 Å². The summed E-state index contributed by atoms with van der Waals surface area (Å²) in [5.74, 6) is -0.966. The number of aromatic carboxylic acids is 1. The fourth-order valence-corrected chi connectivity index (χ4v) is 4.02. The predicted molar refractivity (Wildman–Crippen MR) is 82.9 cm³/mol. The summed E-state index contributed by atoms with van der Waals surface area (Å²) in [4.78, 5) is 12.3. The SMILES string of the molecule is CCc1c(-c2ccc(C)cc2Br)sc(C(=O)O)c1N. The van der Waals surface area contributed by atoms with E-state index in [0.717, 1.165) is 26.0 Å². The Bertz CT molecular complexity index is 649. The van der Waals surface area contributed by atoms with E-state index < -0.39 is 5.97 Å². The number of thiophene rings is 1. The van der Waals surface area contributed by atoms with Gasteiger partial charge in [-0.05, 0) is 30.5 Å². The molecule has 2 rings (SSSR count). The highest BCUT2D eigenvalue weighted by atomic mass is 79.9. The summed E-state index contributed by atoms with van der Waals surface area (Å²) < 4.78 is 0.959. The van der Waals surface area contributed by atoms with Crippen molar-refractivity contribution in [1.29, 1.82) is 0 Å². The molecule has 0 bridgehead atoms. The molecule has 100 valence electrons. The number of aryl methyl sites for hydroxylation is 1. The molecule has 0 atom stereocenters. The van der Waals surface area contributed by atoms with Crippen molar-refractivity contribution in [3.63, 3.8) is 0 Å². The van der Waals surface area contributed by atoms with Gasteiger partial charge in [-0.25, -0.2) is 4.79 Å². The minimum atomic E-state index is -0.966. The summed E-state index contributed by atoms with van der Waals surface area (Å²) in [6.07, 6.45) is 0.714. The monoisotopic (exact) mass is 339 g/mol. The summed E-state index contributed by atoms with van der Waals surface area (Å²) >= 11 is 4.77. The number of nitrogen functional groups attached to an aromatic ring is 1. The summed E-state index contributed by atoms with van der Waals surface area (Å²) in [7, 11) is 0. The largest absolute Gasteiger partial charge is 0.477 e. The first-order valence-corrected chi connectivity index (χ1v) is 7.47. The molecule has 0 fully saturated rings. The molecule has 0 radical (unpaired) electrons. The molecule has 1 aromatic heterocycles. The van der Waals surface area contributed by atoms with E-state index in [9.17, 15) is 9.90 Å². The number of hydrogen-bond donors (Lipinski definition) is 2. The van der Waals surface area contributed by atoms with Gasteiger partial charge in [0.1, 0.15) is 4.88 Å². The fraction of sp³-hybridized carbons (Fsp3) is 0.214. The Labute approximate surface area is 124 Å². The van der Waals surface area contributed by atoms with Crippen LogP contribution in [0.5, 0.6) is 0 Å². The van der Waals surface area contributed by atoms with Crippen LogP contribution >= 0.6 is 27.3 Å². The molecule has 3 N–H and O–H groups in total. The molecule has 0 saturated heterocycles. The van der Waals surface area contributed by atoms with Crippen molar-refractivity contribution in [2.75, 3.05) is 5.73 Å². The number of carboxylic acids is 1. The molecule has 0 spiro atoms. The van der Waals surface area contributed by atoms with Gasteiger partial charge >= 0.3 is 5.97 Å². The van der Waals surface area contributed by atoms with Crippen LogP contribution in [0.3, 0.4) is 0 Å². The number of halogens is 1. The first-order chi connectivity index (χ1) is 8.95. The van der Waals surface area contributed by atoms with Crippen LogP contribution in [0.15, 0.2) is 22.7 Å². The summed E-state index contributed by atoms with van der Waals surface area (Å²) in [5, 5.41) is 9.18. The Morgan fingerprint density at radius 2 is 2.16 bits per heavy atom. The molecule has 2 aromatic rings. The summed E-state index contributed by atoms with van der Waals surface area (Å²) in [5.41, 5.74) is 9.39. The number of nitrogens with two attached hydrogens (primary N) is 1. The minimum absolute atomic E-state index is 0.222. The Morgan fingerprint density at radius 1 is 1.47 bits per heavy atom. The lowest BCUT2D eigenvalue weighted by molar-refractivity contribution is 0.0703. The van der Waals surface area contributed by atoms with Crippen LogP contribution in [-0.4, -0.2) is 11.1 Å². The quantitative estimate of drug-likeness (QED) is 0.874. The van der Waals surface area contributed by atoms with E-state index in [1.165, 1.54) is 11.3 Å². The molecule has 3 nitrogen and oxygen atoms in total. The van der Waals surface area contributed by atoms with Crippen LogP contribution in [0.25, 0.3) is 10.4 Å². The van der Waals surface area contributed by atoms with Gasteiger partial charge in [-0.1, -0.05) is 35.0 Å². The van der Waals surface area contributed by atoms with E-state index in [4.69, 9.17) is 5.73 Å². The highest BCUT2D eigenvalue weighted by molar-refractivity contribution is 9.10. The smallest absolute Gasteiger partial charge is 0.348 e. The molecule has 0 unspecified atom stereocenters. The molecule has 19 heavy (non-hydrogen) atoms. The van der Waals surface area contributed by atoms with Crippen LogP contribution in [-0.2, 0) is 6.42 Å². The van der Waals surface area contributed by atoms with Crippen molar-refractivity contribution in [1.82, 2.24) is 0 Å². The molecule has 5 heteroatoms. The highest BCUT2D eigenvalue weighted by Gasteiger charge is 2.21. The normalized spacial score (nSPS) is 10.7. The third-order valence-corrected chi connectivity index (χ3v) is 4.89. The standard InChI is InChI=1S/C14H14BrNO2S/c1-3-8-11(16)13(14(17)18)19-12(8)9-5-4-7(2)6-10(9)15/h4-6H,3,16H2,1-2H3,(H,17,18). The number of hydrogen-bond acceptors (Lipinski definition) is 3. The highest BCUT2D eigenvalue weighted by Crippen LogP contribution is 2.42. The zero-order valence-corrected chi connectivity index (χ0v) is 13.1. The van der Waals surface area contributed by atoms with Crippen molar-refractivity contribution in [2.45, 2.75) is 20.3 Å². The van der Waals surface area contributed by atoms with E-state index in [1.807, 2.05) is 32.0 Å². The van der Waals surface area contributed by atoms with E-state index in [2.05, 4.69) is 15.9 Å². The number of benzene rings is 1. The van der Waals surface area contributed by atoms with Crippen LogP contribution in [0, 0.1) is 6.92 Å². The van der Waals surface area contributed by atoms with Gasteiger partial charge in [0, 0.05) is 14.9 Å². The third-order valence-electron chi connectivity index (χ3n) is 2.96. The molecule has 1 aromatic carbocycles. The van der Waals surface area contributed by atoms with E-state index in [-0.39, 0.29) is 4.88 Å². The Kier molecular flexibility index (Phi) is 3.96. The minimum Gasteiger partial charge on any atom is -0.477 e. The van der Waals surface area contributed by atoms with Gasteiger partial charge in [-0.3, -0.25) is 0 Å². The van der Waals surface area contributed by atoms with Crippen molar-refractivity contribution in [3.05, 3.63) is 38.7 Å². The average Bonchev–Trinajstić information content (AvgIpc) is 2.66. The zero-order valence-electron chi connectivity index (χ0n) is 10.7. The maximum absolute atomic E-state index is 11.2. The van der Waals surface area contributed by atoms with Gasteiger partial charge in [-0.2, -0.15) is 0 Å². The van der Waals surface area contributed by atoms with Gasteiger partial charge in [0.2, 0.25) is 0 Å². The molecule has 0 aliphatic heterocycles. The second-order valence-corrected chi connectivity index (χ2v) is 6.17. The number of anilines is 1. The lowest BCUT2D eigenvalue weighted by Gasteiger charge is -2.06. The molecule has 0 saturated carbocycles. The van der Waals surface area contributed by atoms with Gasteiger partial charge in [0.25, 0.3) is 0 Å². The summed E-state index contributed by atoms with van der Waals surface area (Å²) in [6.45, 7) is 4.00. The van der Waals surface area contributed by atoms with Gasteiger partial charge in [0.05, 0.1) is 5.69 Å². The van der Waals surface area contributed by atoms with Crippen LogP contribution in [0.1, 0.15) is 27.7 Å². The lowest BCUT2D eigenvalue weighted by atomic mass is 10.0. The van der Waals surface area contributed by atoms with Gasteiger partial charge < -0.3 is 10.8 Å². The van der Waals surface area contributed by atoms with E-state index in [1.54, 1.807) is 0 Å². The van der Waals surface area contributed by atoms with Crippen LogP contribution in [0.4, 0.5) is 5.69 Å². The van der Waals surface area contributed by atoms with Crippen molar-refractivity contribution < 1.29 is 9.90 Å². The van der Waals surface area contributed by atoms with Crippen molar-refractivity contribution in [2.24, 2.45) is 0 Å². The summed E-state index contributed by atoms with van der Waals surface area (Å²) in [6, 6.07) is 6.02. The van der Waals surface area contributed by atoms with Crippen LogP contribution in [0.2, 0.25) is 0 Å². The molecule has 0 amide bonds. The first-order valence-electron chi connectivity index (χ1n) is 5.86. The Hall–Kier alpha value is -1.33. The lowest BCUT2D eigenvalue weighted by Crippen LogP contribution is -1.99. The van der Waals surface area contributed by atoms with Gasteiger partial charge in [0.15, 0.2) is 0 Å². The average molecular weight is 340 g/mol. The van der Waals surface area contributed by atoms with Gasteiger partial charge in [-0.15, -0.1) is 11.3 Å². The second-order valence-electron chi connectivity index (χ2n) is 4.29. The van der Waals surface area contributed by atoms with Crippen molar-refractivity contribution in [3.8, 4) is 10.4 Å². The first kappa shape index (κ1) is 14.1. The molecular formula is C14H14BrNO2S. The van der Waals surface area contributed by atoms with Crippen molar-refractivity contribution >= 4 is 38.9 Å². The third kappa shape index (κ3) is 2.53. The second kappa shape index (κ2) is 5.35. The number of carbonyl (C=O) groups is 1. The number of carboxylic acid groups (broad SMARTS) is 1. The predicted octanol–water partition coefficient (Wildman–Crippen LogP) is 4.33. The molecule has 1 heterocycles. The zero-order chi connectivity index (χ0) is 14.2.